The summed E-state index contributed by atoms with van der Waals surface area (Å²) in [5.41, 5.74) is 1.19. The van der Waals surface area contributed by atoms with E-state index in [4.69, 9.17) is 23.4 Å². The molecule has 0 aliphatic carbocycles. The van der Waals surface area contributed by atoms with Crippen LogP contribution in [0.15, 0.2) is 55.8 Å². The molecule has 2 aliphatic heterocycles. The van der Waals surface area contributed by atoms with Gasteiger partial charge in [-0.05, 0) is 44.5 Å². The van der Waals surface area contributed by atoms with Gasteiger partial charge in [0.1, 0.15) is 5.76 Å². The standard InChI is InChI=1S/C28H31N3O7S/c1-5-36-21-15-18(7-9-20(21)34-4)25-24(27(33)37-6-2)17(3)29-28-31(25)26(32)22(39-28)16-19-8-10-23(38-19)30-11-13-35-14-12-30/h7-10,15-16,25H,5-6,11-14H2,1-4H3/b22-16+/t25-/m1/s1. The molecule has 1 fully saturated rings. The first kappa shape index (κ1) is 26.8. The van der Waals surface area contributed by atoms with Crippen LogP contribution in [0.3, 0.4) is 0 Å². The van der Waals surface area contributed by atoms with Gasteiger partial charge in [0, 0.05) is 25.2 Å². The van der Waals surface area contributed by atoms with Crippen molar-refractivity contribution in [1.82, 2.24) is 4.57 Å². The predicted octanol–water partition coefficient (Wildman–Crippen LogP) is 2.64. The SMILES string of the molecule is CCOC(=O)C1=C(C)N=c2s/c(=C/c3ccc(N4CCOCC4)o3)c(=O)n2[C@@H]1c1ccc(OC)c(OCC)c1. The van der Waals surface area contributed by atoms with E-state index in [1.54, 1.807) is 43.7 Å². The minimum absolute atomic E-state index is 0.198. The van der Waals surface area contributed by atoms with E-state index in [0.717, 1.165) is 19.0 Å². The van der Waals surface area contributed by atoms with E-state index in [-0.39, 0.29) is 12.2 Å². The fourth-order valence-electron chi connectivity index (χ4n) is 4.74. The number of morpholine rings is 1. The Morgan fingerprint density at radius 2 is 1.95 bits per heavy atom. The molecule has 1 aromatic carbocycles. The summed E-state index contributed by atoms with van der Waals surface area (Å²) in [4.78, 5) is 34.2. The zero-order valence-electron chi connectivity index (χ0n) is 22.4. The van der Waals surface area contributed by atoms with Crippen LogP contribution in [0, 0.1) is 0 Å². The minimum Gasteiger partial charge on any atom is -0.493 e. The second-order valence-corrected chi connectivity index (χ2v) is 9.93. The lowest BCUT2D eigenvalue weighted by molar-refractivity contribution is -0.139. The monoisotopic (exact) mass is 553 g/mol. The van der Waals surface area contributed by atoms with Crippen LogP contribution >= 0.6 is 11.3 Å². The third-order valence-electron chi connectivity index (χ3n) is 6.53. The molecule has 2 aromatic heterocycles. The third-order valence-corrected chi connectivity index (χ3v) is 7.51. The number of nitrogens with zero attached hydrogens (tertiary/aromatic N) is 3. The van der Waals surface area contributed by atoms with E-state index < -0.39 is 12.0 Å². The van der Waals surface area contributed by atoms with Crippen LogP contribution in [0.5, 0.6) is 11.5 Å². The number of hydrogen-bond donors (Lipinski definition) is 0. The van der Waals surface area contributed by atoms with Crippen molar-refractivity contribution < 1.29 is 28.2 Å². The van der Waals surface area contributed by atoms with Gasteiger partial charge < -0.3 is 28.3 Å². The Bertz CT molecular complexity index is 1580. The maximum absolute atomic E-state index is 13.9. The first-order chi connectivity index (χ1) is 18.9. The number of fused-ring (bicyclic) bond motifs is 1. The zero-order valence-corrected chi connectivity index (χ0v) is 23.2. The Morgan fingerprint density at radius 3 is 2.67 bits per heavy atom. The molecule has 2 aliphatic rings. The number of ether oxygens (including phenoxy) is 4. The third kappa shape index (κ3) is 5.24. The molecule has 1 atom stereocenters. The fraction of sp³-hybridized carbons (Fsp3) is 0.393. The van der Waals surface area contributed by atoms with Gasteiger partial charge >= 0.3 is 5.97 Å². The number of thiazole rings is 1. The van der Waals surface area contributed by atoms with Crippen molar-refractivity contribution in [3.05, 3.63) is 72.6 Å². The molecule has 39 heavy (non-hydrogen) atoms. The van der Waals surface area contributed by atoms with Crippen molar-refractivity contribution in [2.45, 2.75) is 26.8 Å². The van der Waals surface area contributed by atoms with Gasteiger partial charge in [-0.3, -0.25) is 9.36 Å². The summed E-state index contributed by atoms with van der Waals surface area (Å²) in [6.45, 7) is 8.79. The van der Waals surface area contributed by atoms with Crippen LogP contribution in [-0.4, -0.2) is 57.2 Å². The average Bonchev–Trinajstić information content (AvgIpc) is 3.53. The normalized spacial score (nSPS) is 17.6. The molecular weight excluding hydrogens is 522 g/mol. The van der Waals surface area contributed by atoms with E-state index in [2.05, 4.69) is 9.89 Å². The summed E-state index contributed by atoms with van der Waals surface area (Å²) in [6, 6.07) is 8.36. The lowest BCUT2D eigenvalue weighted by Gasteiger charge is -2.26. The minimum atomic E-state index is -0.756. The van der Waals surface area contributed by atoms with Gasteiger partial charge in [-0.15, -0.1) is 0 Å². The molecule has 11 heteroatoms. The Hall–Kier alpha value is -3.83. The van der Waals surface area contributed by atoms with Gasteiger partial charge in [-0.2, -0.15) is 0 Å². The van der Waals surface area contributed by atoms with E-state index in [9.17, 15) is 9.59 Å². The molecular formula is C28H31N3O7S. The molecule has 0 spiro atoms. The smallest absolute Gasteiger partial charge is 0.338 e. The van der Waals surface area contributed by atoms with Gasteiger partial charge in [-0.1, -0.05) is 17.4 Å². The molecule has 4 heterocycles. The van der Waals surface area contributed by atoms with Crippen LogP contribution in [0.1, 0.15) is 38.1 Å². The number of methoxy groups -OCH3 is 1. The van der Waals surface area contributed by atoms with Gasteiger partial charge in [-0.25, -0.2) is 9.79 Å². The lowest BCUT2D eigenvalue weighted by Crippen LogP contribution is -2.40. The van der Waals surface area contributed by atoms with Gasteiger partial charge in [0.05, 0.1) is 55.4 Å². The lowest BCUT2D eigenvalue weighted by atomic mass is 9.95. The number of esters is 1. The molecule has 1 saturated heterocycles. The predicted molar refractivity (Wildman–Crippen MR) is 146 cm³/mol. The van der Waals surface area contributed by atoms with E-state index >= 15 is 0 Å². The number of allylic oxidation sites excluding steroid dienone is 1. The second kappa shape index (κ2) is 11.5. The molecule has 0 radical (unpaired) electrons. The number of aromatic nitrogens is 1. The molecule has 10 nitrogen and oxygen atoms in total. The van der Waals surface area contributed by atoms with Crippen LogP contribution in [-0.2, 0) is 14.3 Å². The molecule has 5 rings (SSSR count). The zero-order chi connectivity index (χ0) is 27.5. The van der Waals surface area contributed by atoms with Crippen molar-refractivity contribution in [2.24, 2.45) is 4.99 Å². The van der Waals surface area contributed by atoms with Crippen molar-refractivity contribution in [2.75, 3.05) is 51.5 Å². The molecule has 3 aromatic rings. The Morgan fingerprint density at radius 1 is 1.15 bits per heavy atom. The van der Waals surface area contributed by atoms with Gasteiger partial charge in [0.25, 0.3) is 5.56 Å². The Balaban J connectivity index is 1.63. The van der Waals surface area contributed by atoms with Gasteiger partial charge in [0.2, 0.25) is 0 Å². The van der Waals surface area contributed by atoms with Crippen LogP contribution in [0.25, 0.3) is 6.08 Å². The largest absolute Gasteiger partial charge is 0.493 e. The molecule has 0 unspecified atom stereocenters. The summed E-state index contributed by atoms with van der Waals surface area (Å²) in [5.74, 6) is 1.84. The summed E-state index contributed by atoms with van der Waals surface area (Å²) in [5, 5.41) is 0. The number of anilines is 1. The molecule has 0 bridgehead atoms. The Labute approximate surface area is 229 Å². The maximum Gasteiger partial charge on any atom is 0.338 e. The highest BCUT2D eigenvalue weighted by atomic mass is 32.1. The van der Waals surface area contributed by atoms with Crippen molar-refractivity contribution in [3.63, 3.8) is 0 Å². The summed E-state index contributed by atoms with van der Waals surface area (Å²) < 4.78 is 30.1. The number of carbonyl (C=O) groups is 1. The number of rotatable bonds is 8. The average molecular weight is 554 g/mol. The molecule has 206 valence electrons. The highest BCUT2D eigenvalue weighted by Gasteiger charge is 2.34. The molecule has 0 N–H and O–H groups in total. The number of benzene rings is 1. The topological polar surface area (TPSA) is 105 Å². The first-order valence-electron chi connectivity index (χ1n) is 12.9. The van der Waals surface area contributed by atoms with Crippen molar-refractivity contribution in [3.8, 4) is 11.5 Å². The first-order valence-corrected chi connectivity index (χ1v) is 13.7. The van der Waals surface area contributed by atoms with Crippen LogP contribution in [0.4, 0.5) is 5.88 Å². The van der Waals surface area contributed by atoms with Crippen molar-refractivity contribution >= 4 is 29.3 Å². The van der Waals surface area contributed by atoms with Crippen LogP contribution < -0.4 is 29.3 Å². The number of hydrogen-bond acceptors (Lipinski definition) is 10. The Kier molecular flexibility index (Phi) is 7.89. The van der Waals surface area contributed by atoms with Gasteiger partial charge in [0.15, 0.2) is 22.2 Å². The highest BCUT2D eigenvalue weighted by molar-refractivity contribution is 7.07. The van der Waals surface area contributed by atoms with E-state index in [1.165, 1.54) is 11.3 Å². The summed E-state index contributed by atoms with van der Waals surface area (Å²) >= 11 is 1.25. The maximum atomic E-state index is 13.9. The highest BCUT2D eigenvalue weighted by Crippen LogP contribution is 2.36. The van der Waals surface area contributed by atoms with Crippen molar-refractivity contribution in [1.29, 1.82) is 0 Å². The molecule has 0 amide bonds. The van der Waals surface area contributed by atoms with Crippen LogP contribution in [0.2, 0.25) is 0 Å². The van der Waals surface area contributed by atoms with E-state index in [1.807, 2.05) is 25.1 Å². The van der Waals surface area contributed by atoms with E-state index in [0.29, 0.717) is 63.2 Å². The molecule has 0 saturated carbocycles. The summed E-state index contributed by atoms with van der Waals surface area (Å²) in [6.07, 6.45) is 1.72. The quantitative estimate of drug-likeness (QED) is 0.392. The second-order valence-electron chi connectivity index (χ2n) is 8.92. The number of furan rings is 1. The summed E-state index contributed by atoms with van der Waals surface area (Å²) in [7, 11) is 1.56. The number of carbonyl (C=O) groups excluding carboxylic acids is 1. The fourth-order valence-corrected chi connectivity index (χ4v) is 5.77.